The van der Waals surface area contributed by atoms with E-state index >= 15 is 0 Å². The molecule has 122 valence electrons. The lowest BCUT2D eigenvalue weighted by Gasteiger charge is -2.34. The maximum Gasteiger partial charge on any atom is 0.407 e. The third kappa shape index (κ3) is 4.91. The lowest BCUT2D eigenvalue weighted by atomic mass is 10.0. The third-order valence-corrected chi connectivity index (χ3v) is 3.73. The Balaban J connectivity index is 1.84. The molecule has 0 radical (unpaired) electrons. The summed E-state index contributed by atoms with van der Waals surface area (Å²) in [5.74, 6) is 0. The molecule has 0 atom stereocenters. The Labute approximate surface area is 132 Å². The molecule has 0 unspecified atom stereocenters. The standard InChI is InChI=1S/C17H27N3O2/c1-17(2,3)22-16(21)19-14-7-9-20(10-8-14)15-6-4-5-13(11-15)12-18/h4-6,11,14H,7-10,12,18H2,1-3H3,(H,19,21). The molecule has 3 N–H and O–H groups in total. The molecule has 0 aliphatic carbocycles. The number of piperidine rings is 1. The van der Waals surface area contributed by atoms with Crippen LogP contribution in [0.25, 0.3) is 0 Å². The Hall–Kier alpha value is -1.75. The van der Waals surface area contributed by atoms with Crippen molar-refractivity contribution in [2.24, 2.45) is 5.73 Å². The largest absolute Gasteiger partial charge is 0.444 e. The molecule has 1 amide bonds. The van der Waals surface area contributed by atoms with Crippen molar-refractivity contribution in [3.8, 4) is 0 Å². The normalized spacial score (nSPS) is 16.5. The number of nitrogens with one attached hydrogen (secondary N) is 1. The molecule has 22 heavy (non-hydrogen) atoms. The number of rotatable bonds is 3. The van der Waals surface area contributed by atoms with Crippen molar-refractivity contribution in [1.82, 2.24) is 5.32 Å². The second-order valence-electron chi connectivity index (χ2n) is 6.78. The van der Waals surface area contributed by atoms with E-state index in [0.717, 1.165) is 31.5 Å². The van der Waals surface area contributed by atoms with Gasteiger partial charge < -0.3 is 20.7 Å². The van der Waals surface area contributed by atoms with E-state index in [9.17, 15) is 4.79 Å². The first kappa shape index (κ1) is 16.6. The van der Waals surface area contributed by atoms with Crippen LogP contribution < -0.4 is 16.0 Å². The minimum Gasteiger partial charge on any atom is -0.444 e. The highest BCUT2D eigenvalue weighted by Crippen LogP contribution is 2.21. The quantitative estimate of drug-likeness (QED) is 0.901. The molecular weight excluding hydrogens is 278 g/mol. The number of ether oxygens (including phenoxy) is 1. The maximum absolute atomic E-state index is 11.8. The van der Waals surface area contributed by atoms with Gasteiger partial charge >= 0.3 is 6.09 Å². The predicted molar refractivity (Wildman–Crippen MR) is 88.9 cm³/mol. The number of nitrogens with two attached hydrogens (primary N) is 1. The number of benzene rings is 1. The first-order valence-electron chi connectivity index (χ1n) is 7.91. The van der Waals surface area contributed by atoms with Gasteiger partial charge in [-0.1, -0.05) is 12.1 Å². The Kier molecular flexibility index (Phi) is 5.29. The van der Waals surface area contributed by atoms with Crippen molar-refractivity contribution in [3.05, 3.63) is 29.8 Å². The third-order valence-electron chi connectivity index (χ3n) is 3.73. The van der Waals surface area contributed by atoms with Crippen molar-refractivity contribution in [1.29, 1.82) is 0 Å². The van der Waals surface area contributed by atoms with Gasteiger partial charge in [-0.2, -0.15) is 0 Å². The summed E-state index contributed by atoms with van der Waals surface area (Å²) in [6, 6.07) is 8.52. The van der Waals surface area contributed by atoms with Gasteiger partial charge in [-0.25, -0.2) is 4.79 Å². The Morgan fingerprint density at radius 3 is 2.64 bits per heavy atom. The number of hydrogen-bond acceptors (Lipinski definition) is 4. The molecule has 1 aliphatic heterocycles. The zero-order valence-corrected chi connectivity index (χ0v) is 13.8. The molecule has 1 heterocycles. The molecule has 5 heteroatoms. The first-order valence-corrected chi connectivity index (χ1v) is 7.91. The van der Waals surface area contributed by atoms with E-state index in [-0.39, 0.29) is 12.1 Å². The Morgan fingerprint density at radius 2 is 2.05 bits per heavy atom. The van der Waals surface area contributed by atoms with Crippen LogP contribution in [0.2, 0.25) is 0 Å². The molecule has 1 aromatic rings. The fourth-order valence-electron chi connectivity index (χ4n) is 2.64. The summed E-state index contributed by atoms with van der Waals surface area (Å²) in [5.41, 5.74) is 7.60. The van der Waals surface area contributed by atoms with Gasteiger partial charge in [0, 0.05) is 31.4 Å². The van der Waals surface area contributed by atoms with Gasteiger partial charge in [0.1, 0.15) is 5.60 Å². The van der Waals surface area contributed by atoms with Crippen molar-refractivity contribution < 1.29 is 9.53 Å². The van der Waals surface area contributed by atoms with Crippen LogP contribution in [0.1, 0.15) is 39.2 Å². The van der Waals surface area contributed by atoms with E-state index in [0.29, 0.717) is 6.54 Å². The fraction of sp³-hybridized carbons (Fsp3) is 0.588. The van der Waals surface area contributed by atoms with Crippen LogP contribution in [-0.2, 0) is 11.3 Å². The number of anilines is 1. The average Bonchev–Trinajstić information content (AvgIpc) is 2.46. The van der Waals surface area contributed by atoms with Gasteiger partial charge in [0.2, 0.25) is 0 Å². The summed E-state index contributed by atoms with van der Waals surface area (Å²) in [4.78, 5) is 14.1. The Bertz CT molecular complexity index is 503. The van der Waals surface area contributed by atoms with Gasteiger partial charge in [0.15, 0.2) is 0 Å². The van der Waals surface area contributed by atoms with Crippen molar-refractivity contribution in [2.45, 2.75) is 51.8 Å². The van der Waals surface area contributed by atoms with E-state index in [1.807, 2.05) is 32.9 Å². The van der Waals surface area contributed by atoms with Crippen LogP contribution >= 0.6 is 0 Å². The zero-order valence-electron chi connectivity index (χ0n) is 13.8. The van der Waals surface area contributed by atoms with E-state index in [1.54, 1.807) is 0 Å². The number of alkyl carbamates (subject to hydrolysis) is 1. The van der Waals surface area contributed by atoms with Crippen LogP contribution in [0.5, 0.6) is 0 Å². The second kappa shape index (κ2) is 7.01. The molecular formula is C17H27N3O2. The molecule has 1 aliphatic rings. The highest BCUT2D eigenvalue weighted by atomic mass is 16.6. The highest BCUT2D eigenvalue weighted by molar-refractivity contribution is 5.68. The van der Waals surface area contributed by atoms with Crippen molar-refractivity contribution >= 4 is 11.8 Å². The average molecular weight is 305 g/mol. The summed E-state index contributed by atoms with van der Waals surface area (Å²) >= 11 is 0. The van der Waals surface area contributed by atoms with Crippen LogP contribution in [-0.4, -0.2) is 30.8 Å². The topological polar surface area (TPSA) is 67.6 Å². The maximum atomic E-state index is 11.8. The molecule has 0 spiro atoms. The first-order chi connectivity index (χ1) is 10.4. The predicted octanol–water partition coefficient (Wildman–Crippen LogP) is 2.64. The Morgan fingerprint density at radius 1 is 1.36 bits per heavy atom. The molecule has 0 saturated carbocycles. The van der Waals surface area contributed by atoms with Crippen LogP contribution in [0.4, 0.5) is 10.5 Å². The molecule has 1 fully saturated rings. The molecule has 1 saturated heterocycles. The van der Waals surface area contributed by atoms with Gasteiger partial charge in [-0.05, 0) is 51.3 Å². The van der Waals surface area contributed by atoms with E-state index in [4.69, 9.17) is 10.5 Å². The lowest BCUT2D eigenvalue weighted by molar-refractivity contribution is 0.0497. The molecule has 0 bridgehead atoms. The second-order valence-corrected chi connectivity index (χ2v) is 6.78. The lowest BCUT2D eigenvalue weighted by Crippen LogP contribution is -2.46. The summed E-state index contributed by atoms with van der Waals surface area (Å²) in [7, 11) is 0. The van der Waals surface area contributed by atoms with Gasteiger partial charge in [-0.3, -0.25) is 0 Å². The minimum atomic E-state index is -0.451. The molecule has 0 aromatic heterocycles. The highest BCUT2D eigenvalue weighted by Gasteiger charge is 2.23. The summed E-state index contributed by atoms with van der Waals surface area (Å²) in [6.07, 6.45) is 1.52. The number of amides is 1. The molecule has 5 nitrogen and oxygen atoms in total. The fourth-order valence-corrected chi connectivity index (χ4v) is 2.64. The van der Waals surface area contributed by atoms with Crippen LogP contribution in [0, 0.1) is 0 Å². The SMILES string of the molecule is CC(C)(C)OC(=O)NC1CCN(c2cccc(CN)c2)CC1. The van der Waals surface area contributed by atoms with Gasteiger partial charge in [0.05, 0.1) is 0 Å². The summed E-state index contributed by atoms with van der Waals surface area (Å²) in [6.45, 7) is 8.03. The molecule has 2 rings (SSSR count). The van der Waals surface area contributed by atoms with E-state index in [1.165, 1.54) is 5.69 Å². The van der Waals surface area contributed by atoms with E-state index in [2.05, 4.69) is 22.3 Å². The van der Waals surface area contributed by atoms with Crippen molar-refractivity contribution in [2.75, 3.05) is 18.0 Å². The van der Waals surface area contributed by atoms with Gasteiger partial charge in [0.25, 0.3) is 0 Å². The van der Waals surface area contributed by atoms with Crippen LogP contribution in [0.15, 0.2) is 24.3 Å². The zero-order chi connectivity index (χ0) is 16.2. The number of nitrogens with zero attached hydrogens (tertiary/aromatic N) is 1. The van der Waals surface area contributed by atoms with Crippen LogP contribution in [0.3, 0.4) is 0 Å². The minimum absolute atomic E-state index is 0.184. The van der Waals surface area contributed by atoms with Crippen molar-refractivity contribution in [3.63, 3.8) is 0 Å². The monoisotopic (exact) mass is 305 g/mol. The number of carbonyl (C=O) groups excluding carboxylic acids is 1. The smallest absolute Gasteiger partial charge is 0.407 e. The molecule has 1 aromatic carbocycles. The summed E-state index contributed by atoms with van der Waals surface area (Å²) in [5, 5.41) is 2.96. The number of carbonyl (C=O) groups is 1. The summed E-state index contributed by atoms with van der Waals surface area (Å²) < 4.78 is 5.30. The number of hydrogen-bond donors (Lipinski definition) is 2. The van der Waals surface area contributed by atoms with E-state index < -0.39 is 5.60 Å². The van der Waals surface area contributed by atoms with Gasteiger partial charge in [-0.15, -0.1) is 0 Å².